The van der Waals surface area contributed by atoms with E-state index in [-0.39, 0.29) is 11.7 Å². The number of nitrogens with zero attached hydrogens (tertiary/aromatic N) is 2. The number of rotatable bonds is 8. The number of carbonyl (C=O) groups is 1. The van der Waals surface area contributed by atoms with Crippen molar-refractivity contribution in [3.05, 3.63) is 100 Å². The summed E-state index contributed by atoms with van der Waals surface area (Å²) in [5.41, 5.74) is 1.76. The highest BCUT2D eigenvalue weighted by molar-refractivity contribution is 6.30. The second-order valence-corrected chi connectivity index (χ2v) is 8.86. The Hall–Kier alpha value is -3.00. The summed E-state index contributed by atoms with van der Waals surface area (Å²) in [7, 11) is 1.63. The lowest BCUT2D eigenvalue weighted by atomic mass is 10.1. The lowest BCUT2D eigenvalue weighted by Crippen LogP contribution is -2.49. The van der Waals surface area contributed by atoms with Crippen molar-refractivity contribution >= 4 is 17.5 Å². The zero-order valence-corrected chi connectivity index (χ0v) is 20.2. The van der Waals surface area contributed by atoms with Crippen molar-refractivity contribution in [1.82, 2.24) is 9.80 Å². The standard InChI is InChI=1S/C27H27ClF2N2O3/c1-34-23-4-2-3-19(15-23)18-35-26(20-5-7-21(28)8-6-20)17-31-11-13-32(14-12-31)27(33)24-16-22(29)9-10-25(24)30/h2-10,15-16,26H,11-14,17-18H2,1H3/t26-/m1/s1. The summed E-state index contributed by atoms with van der Waals surface area (Å²) in [5.74, 6) is -1.07. The Morgan fingerprint density at radius 1 is 1.00 bits per heavy atom. The van der Waals surface area contributed by atoms with E-state index >= 15 is 0 Å². The minimum absolute atomic E-state index is 0.221. The highest BCUT2D eigenvalue weighted by Gasteiger charge is 2.26. The molecule has 35 heavy (non-hydrogen) atoms. The maximum atomic E-state index is 14.1. The first-order valence-corrected chi connectivity index (χ1v) is 11.8. The molecule has 1 fully saturated rings. The van der Waals surface area contributed by atoms with E-state index in [1.54, 1.807) is 12.0 Å². The van der Waals surface area contributed by atoms with Crippen molar-refractivity contribution in [2.24, 2.45) is 0 Å². The molecule has 3 aromatic carbocycles. The molecule has 1 saturated heterocycles. The van der Waals surface area contributed by atoms with Gasteiger partial charge >= 0.3 is 0 Å². The predicted molar refractivity (Wildman–Crippen MR) is 131 cm³/mol. The van der Waals surface area contributed by atoms with Crippen molar-refractivity contribution in [3.63, 3.8) is 0 Å². The number of ether oxygens (including phenoxy) is 2. The number of amides is 1. The molecule has 0 spiro atoms. The van der Waals surface area contributed by atoms with Crippen LogP contribution in [0.5, 0.6) is 5.75 Å². The van der Waals surface area contributed by atoms with E-state index in [0.29, 0.717) is 44.4 Å². The normalized spacial score (nSPS) is 15.1. The van der Waals surface area contributed by atoms with Gasteiger partial charge in [-0.1, -0.05) is 35.9 Å². The molecule has 1 amide bonds. The monoisotopic (exact) mass is 500 g/mol. The Labute approximate surface area is 208 Å². The fourth-order valence-corrected chi connectivity index (χ4v) is 4.22. The number of carbonyl (C=O) groups excluding carboxylic acids is 1. The third-order valence-corrected chi connectivity index (χ3v) is 6.32. The first-order chi connectivity index (χ1) is 16.9. The quantitative estimate of drug-likeness (QED) is 0.418. The van der Waals surface area contributed by atoms with E-state index in [9.17, 15) is 13.6 Å². The summed E-state index contributed by atoms with van der Waals surface area (Å²) in [5, 5.41) is 0.650. The second kappa shape index (κ2) is 11.6. The lowest BCUT2D eigenvalue weighted by molar-refractivity contribution is 0.00333. The van der Waals surface area contributed by atoms with Gasteiger partial charge in [-0.3, -0.25) is 9.69 Å². The Morgan fingerprint density at radius 2 is 1.74 bits per heavy atom. The highest BCUT2D eigenvalue weighted by atomic mass is 35.5. The van der Waals surface area contributed by atoms with Gasteiger partial charge < -0.3 is 14.4 Å². The molecule has 1 aliphatic heterocycles. The first-order valence-electron chi connectivity index (χ1n) is 11.4. The van der Waals surface area contributed by atoms with Crippen LogP contribution in [0.4, 0.5) is 8.78 Å². The maximum Gasteiger partial charge on any atom is 0.257 e. The minimum Gasteiger partial charge on any atom is -0.497 e. The summed E-state index contributed by atoms with van der Waals surface area (Å²) in [6, 6.07) is 18.2. The van der Waals surface area contributed by atoms with Gasteiger partial charge in [0.15, 0.2) is 0 Å². The molecule has 0 radical (unpaired) electrons. The van der Waals surface area contributed by atoms with E-state index < -0.39 is 17.5 Å². The Kier molecular flexibility index (Phi) is 8.33. The van der Waals surface area contributed by atoms with E-state index in [4.69, 9.17) is 21.1 Å². The van der Waals surface area contributed by atoms with Crippen LogP contribution < -0.4 is 4.74 Å². The van der Waals surface area contributed by atoms with Gasteiger partial charge in [0.05, 0.1) is 25.4 Å². The van der Waals surface area contributed by atoms with Gasteiger partial charge in [-0.15, -0.1) is 0 Å². The van der Waals surface area contributed by atoms with Crippen LogP contribution in [0, 0.1) is 11.6 Å². The van der Waals surface area contributed by atoms with Crippen LogP contribution >= 0.6 is 11.6 Å². The van der Waals surface area contributed by atoms with Crippen LogP contribution in [0.15, 0.2) is 66.7 Å². The van der Waals surface area contributed by atoms with Crippen LogP contribution in [0.3, 0.4) is 0 Å². The molecule has 8 heteroatoms. The smallest absolute Gasteiger partial charge is 0.257 e. The zero-order valence-electron chi connectivity index (χ0n) is 19.4. The molecule has 3 aromatic rings. The molecule has 0 saturated carbocycles. The molecule has 184 valence electrons. The van der Waals surface area contributed by atoms with Crippen LogP contribution in [0.2, 0.25) is 5.02 Å². The van der Waals surface area contributed by atoms with Crippen LogP contribution in [0.1, 0.15) is 27.6 Å². The predicted octanol–water partition coefficient (Wildman–Crippen LogP) is 5.34. The highest BCUT2D eigenvalue weighted by Crippen LogP contribution is 2.24. The van der Waals surface area contributed by atoms with Crippen molar-refractivity contribution in [2.45, 2.75) is 12.7 Å². The van der Waals surface area contributed by atoms with Gasteiger partial charge in [-0.25, -0.2) is 8.78 Å². The molecule has 0 bridgehead atoms. The average Bonchev–Trinajstić information content (AvgIpc) is 2.88. The number of halogens is 3. The zero-order chi connectivity index (χ0) is 24.8. The van der Waals surface area contributed by atoms with Gasteiger partial charge in [0.2, 0.25) is 0 Å². The van der Waals surface area contributed by atoms with Gasteiger partial charge in [-0.05, 0) is 53.6 Å². The first kappa shape index (κ1) is 25.1. The molecule has 0 N–H and O–H groups in total. The van der Waals surface area contributed by atoms with Crippen LogP contribution in [-0.4, -0.2) is 55.5 Å². The molecule has 4 rings (SSSR count). The van der Waals surface area contributed by atoms with Gasteiger partial charge in [0, 0.05) is 37.7 Å². The van der Waals surface area contributed by atoms with Gasteiger partial charge in [0.25, 0.3) is 5.91 Å². The Morgan fingerprint density at radius 3 is 2.46 bits per heavy atom. The van der Waals surface area contributed by atoms with Crippen molar-refractivity contribution in [2.75, 3.05) is 39.8 Å². The van der Waals surface area contributed by atoms with Gasteiger partial charge in [0.1, 0.15) is 17.4 Å². The number of hydrogen-bond donors (Lipinski definition) is 0. The van der Waals surface area contributed by atoms with Crippen molar-refractivity contribution in [3.8, 4) is 5.75 Å². The third kappa shape index (κ3) is 6.57. The number of methoxy groups -OCH3 is 1. The van der Waals surface area contributed by atoms with Gasteiger partial charge in [-0.2, -0.15) is 0 Å². The second-order valence-electron chi connectivity index (χ2n) is 8.42. The molecular weight excluding hydrogens is 474 g/mol. The van der Waals surface area contributed by atoms with Crippen LogP contribution in [-0.2, 0) is 11.3 Å². The fraction of sp³-hybridized carbons (Fsp3) is 0.296. The van der Waals surface area contributed by atoms with E-state index in [1.165, 1.54) is 0 Å². The van der Waals surface area contributed by atoms with Crippen molar-refractivity contribution in [1.29, 1.82) is 0 Å². The average molecular weight is 501 g/mol. The molecule has 0 aromatic heterocycles. The fourth-order valence-electron chi connectivity index (χ4n) is 4.09. The molecule has 0 unspecified atom stereocenters. The summed E-state index contributed by atoms with van der Waals surface area (Å²) in [4.78, 5) is 16.5. The van der Waals surface area contributed by atoms with Crippen LogP contribution in [0.25, 0.3) is 0 Å². The van der Waals surface area contributed by atoms with E-state index in [2.05, 4.69) is 4.90 Å². The van der Waals surface area contributed by atoms with E-state index in [0.717, 1.165) is 35.1 Å². The molecule has 1 atom stereocenters. The molecule has 1 heterocycles. The topological polar surface area (TPSA) is 42.0 Å². The summed E-state index contributed by atoms with van der Waals surface area (Å²) in [6.07, 6.45) is -0.221. The summed E-state index contributed by atoms with van der Waals surface area (Å²) < 4.78 is 39.2. The SMILES string of the molecule is COc1cccc(CO[C@H](CN2CCN(C(=O)c3cc(F)ccc3F)CC2)c2ccc(Cl)cc2)c1. The molecule has 0 aliphatic carbocycles. The number of piperazine rings is 1. The van der Waals surface area contributed by atoms with E-state index in [1.807, 2.05) is 48.5 Å². The largest absolute Gasteiger partial charge is 0.497 e. The molecular formula is C27H27ClF2N2O3. The number of benzene rings is 3. The number of hydrogen-bond acceptors (Lipinski definition) is 4. The minimum atomic E-state index is -0.715. The molecule has 1 aliphatic rings. The van der Waals surface area contributed by atoms with Crippen molar-refractivity contribution < 1.29 is 23.0 Å². The molecule has 5 nitrogen and oxygen atoms in total. The maximum absolute atomic E-state index is 14.1. The Balaban J connectivity index is 1.40. The Bertz CT molecular complexity index is 1150. The summed E-state index contributed by atoms with van der Waals surface area (Å²) in [6.45, 7) is 3.03. The lowest BCUT2D eigenvalue weighted by Gasteiger charge is -2.36. The summed E-state index contributed by atoms with van der Waals surface area (Å²) >= 11 is 6.08. The third-order valence-electron chi connectivity index (χ3n) is 6.07.